The van der Waals surface area contributed by atoms with Gasteiger partial charge in [-0.25, -0.2) is 0 Å². The highest BCUT2D eigenvalue weighted by atomic mass is 14.2. The Bertz CT molecular complexity index is 849. The number of hydrogen-bond donors (Lipinski definition) is 0. The van der Waals surface area contributed by atoms with Gasteiger partial charge in [0.2, 0.25) is 0 Å². The van der Waals surface area contributed by atoms with Gasteiger partial charge in [-0.2, -0.15) is 5.26 Å². The minimum atomic E-state index is 0.685. The SMILES string of the molecule is Cc1ccc(/C=C(/C#N)c2ccc3ccccc3c2)cc1. The van der Waals surface area contributed by atoms with Crippen molar-refractivity contribution in [2.75, 3.05) is 0 Å². The number of nitriles is 1. The Hall–Kier alpha value is -2.85. The molecular weight excluding hydrogens is 254 g/mol. The van der Waals surface area contributed by atoms with Crippen molar-refractivity contribution in [3.05, 3.63) is 83.4 Å². The van der Waals surface area contributed by atoms with Crippen molar-refractivity contribution < 1.29 is 0 Å². The molecule has 0 unspecified atom stereocenters. The van der Waals surface area contributed by atoms with Crippen LogP contribution in [0.5, 0.6) is 0 Å². The average molecular weight is 269 g/mol. The van der Waals surface area contributed by atoms with Crippen LogP contribution in [0.3, 0.4) is 0 Å². The molecule has 21 heavy (non-hydrogen) atoms. The fourth-order valence-corrected chi connectivity index (χ4v) is 2.37. The van der Waals surface area contributed by atoms with E-state index in [9.17, 15) is 5.26 Å². The third-order valence-electron chi connectivity index (χ3n) is 3.57. The standard InChI is InChI=1S/C20H15N/c1-15-6-8-16(9-7-15)12-20(14-21)19-11-10-17-4-2-3-5-18(17)13-19/h2-13H,1H3/b20-12-. The summed E-state index contributed by atoms with van der Waals surface area (Å²) < 4.78 is 0. The molecule has 0 radical (unpaired) electrons. The van der Waals surface area contributed by atoms with Gasteiger partial charge in [0.15, 0.2) is 0 Å². The molecular formula is C20H15N. The van der Waals surface area contributed by atoms with E-state index < -0.39 is 0 Å². The van der Waals surface area contributed by atoms with E-state index in [2.05, 4.69) is 49.4 Å². The predicted molar refractivity (Wildman–Crippen MR) is 88.6 cm³/mol. The van der Waals surface area contributed by atoms with E-state index in [-0.39, 0.29) is 0 Å². The summed E-state index contributed by atoms with van der Waals surface area (Å²) in [6, 6.07) is 24.8. The highest BCUT2D eigenvalue weighted by Gasteiger charge is 2.02. The van der Waals surface area contributed by atoms with Crippen LogP contribution in [0.2, 0.25) is 0 Å². The number of fused-ring (bicyclic) bond motifs is 1. The van der Waals surface area contributed by atoms with Gasteiger partial charge in [-0.3, -0.25) is 0 Å². The Kier molecular flexibility index (Phi) is 3.53. The van der Waals surface area contributed by atoms with Crippen LogP contribution in [0.4, 0.5) is 0 Å². The van der Waals surface area contributed by atoms with Gasteiger partial charge in [-0.15, -0.1) is 0 Å². The number of hydrogen-bond acceptors (Lipinski definition) is 1. The second-order valence-corrected chi connectivity index (χ2v) is 5.14. The monoisotopic (exact) mass is 269 g/mol. The molecule has 0 aliphatic carbocycles. The summed E-state index contributed by atoms with van der Waals surface area (Å²) >= 11 is 0. The van der Waals surface area contributed by atoms with Crippen molar-refractivity contribution in [3.8, 4) is 6.07 Å². The van der Waals surface area contributed by atoms with E-state index in [1.165, 1.54) is 10.9 Å². The van der Waals surface area contributed by atoms with Gasteiger partial charge < -0.3 is 0 Å². The van der Waals surface area contributed by atoms with Gasteiger partial charge >= 0.3 is 0 Å². The van der Waals surface area contributed by atoms with Crippen molar-refractivity contribution in [3.63, 3.8) is 0 Å². The van der Waals surface area contributed by atoms with Gasteiger partial charge in [0.25, 0.3) is 0 Å². The second kappa shape index (κ2) is 5.64. The number of benzene rings is 3. The molecule has 3 rings (SSSR count). The quantitative estimate of drug-likeness (QED) is 0.462. The molecule has 0 amide bonds. The van der Waals surface area contributed by atoms with Crippen LogP contribution in [0.25, 0.3) is 22.4 Å². The first kappa shape index (κ1) is 13.1. The molecule has 0 atom stereocenters. The maximum atomic E-state index is 9.45. The average Bonchev–Trinajstić information content (AvgIpc) is 2.54. The zero-order chi connectivity index (χ0) is 14.7. The minimum Gasteiger partial charge on any atom is -0.192 e. The van der Waals surface area contributed by atoms with Crippen LogP contribution in [0.15, 0.2) is 66.7 Å². The molecule has 0 bridgehead atoms. The molecule has 3 aromatic carbocycles. The van der Waals surface area contributed by atoms with Gasteiger partial charge in [0.1, 0.15) is 0 Å². The van der Waals surface area contributed by atoms with E-state index in [4.69, 9.17) is 0 Å². The van der Waals surface area contributed by atoms with Crippen molar-refractivity contribution in [1.29, 1.82) is 5.26 Å². The Morgan fingerprint density at radius 3 is 2.33 bits per heavy atom. The zero-order valence-corrected chi connectivity index (χ0v) is 11.9. The van der Waals surface area contributed by atoms with E-state index in [0.717, 1.165) is 16.5 Å². The Morgan fingerprint density at radius 2 is 1.62 bits per heavy atom. The maximum absolute atomic E-state index is 9.45. The van der Waals surface area contributed by atoms with Crippen molar-refractivity contribution in [2.45, 2.75) is 6.92 Å². The Labute approximate surface area is 124 Å². The first-order chi connectivity index (χ1) is 10.3. The number of aryl methyl sites for hydroxylation is 1. The Balaban J connectivity index is 2.05. The minimum absolute atomic E-state index is 0.685. The fourth-order valence-electron chi connectivity index (χ4n) is 2.37. The van der Waals surface area contributed by atoms with E-state index in [1.807, 2.05) is 36.4 Å². The summed E-state index contributed by atoms with van der Waals surface area (Å²) in [5, 5.41) is 11.8. The van der Waals surface area contributed by atoms with Crippen LogP contribution in [0, 0.1) is 18.3 Å². The molecule has 1 heteroatoms. The van der Waals surface area contributed by atoms with E-state index >= 15 is 0 Å². The van der Waals surface area contributed by atoms with Crippen LogP contribution < -0.4 is 0 Å². The summed E-state index contributed by atoms with van der Waals surface area (Å²) in [6.45, 7) is 2.06. The van der Waals surface area contributed by atoms with Crippen LogP contribution in [0.1, 0.15) is 16.7 Å². The summed E-state index contributed by atoms with van der Waals surface area (Å²) in [4.78, 5) is 0. The topological polar surface area (TPSA) is 23.8 Å². The van der Waals surface area contributed by atoms with Crippen molar-refractivity contribution in [2.24, 2.45) is 0 Å². The molecule has 0 aromatic heterocycles. The smallest absolute Gasteiger partial charge is 0.0998 e. The van der Waals surface area contributed by atoms with Gasteiger partial charge in [0.05, 0.1) is 11.6 Å². The normalized spacial score (nSPS) is 11.3. The predicted octanol–water partition coefficient (Wildman–Crippen LogP) is 5.21. The van der Waals surface area contributed by atoms with Gasteiger partial charge in [0, 0.05) is 0 Å². The highest BCUT2D eigenvalue weighted by Crippen LogP contribution is 2.22. The summed E-state index contributed by atoms with van der Waals surface area (Å²) in [7, 11) is 0. The molecule has 0 aliphatic heterocycles. The molecule has 3 aromatic rings. The second-order valence-electron chi connectivity index (χ2n) is 5.14. The fraction of sp³-hybridized carbons (Fsp3) is 0.0500. The lowest BCUT2D eigenvalue weighted by Gasteiger charge is -2.03. The summed E-state index contributed by atoms with van der Waals surface area (Å²) in [5.74, 6) is 0. The third-order valence-corrected chi connectivity index (χ3v) is 3.57. The van der Waals surface area contributed by atoms with Gasteiger partial charge in [-0.05, 0) is 41.0 Å². The molecule has 100 valence electrons. The lowest BCUT2D eigenvalue weighted by molar-refractivity contribution is 1.46. The zero-order valence-electron chi connectivity index (χ0n) is 11.9. The first-order valence-electron chi connectivity index (χ1n) is 6.94. The maximum Gasteiger partial charge on any atom is 0.0998 e. The summed E-state index contributed by atoms with van der Waals surface area (Å²) in [6.07, 6.45) is 1.93. The van der Waals surface area contributed by atoms with Crippen LogP contribution in [-0.2, 0) is 0 Å². The molecule has 0 saturated carbocycles. The number of allylic oxidation sites excluding steroid dienone is 1. The molecule has 0 fully saturated rings. The van der Waals surface area contributed by atoms with Crippen molar-refractivity contribution in [1.82, 2.24) is 0 Å². The highest BCUT2D eigenvalue weighted by molar-refractivity contribution is 5.94. The number of nitrogens with zero attached hydrogens (tertiary/aromatic N) is 1. The number of rotatable bonds is 2. The lowest BCUT2D eigenvalue weighted by atomic mass is 10.00. The molecule has 1 nitrogen and oxygen atoms in total. The van der Waals surface area contributed by atoms with Crippen LogP contribution >= 0.6 is 0 Å². The molecule has 0 heterocycles. The molecule has 0 N–H and O–H groups in total. The van der Waals surface area contributed by atoms with E-state index in [0.29, 0.717) is 5.57 Å². The van der Waals surface area contributed by atoms with Gasteiger partial charge in [-0.1, -0.05) is 66.2 Å². The first-order valence-corrected chi connectivity index (χ1v) is 6.94. The largest absolute Gasteiger partial charge is 0.192 e. The molecule has 0 spiro atoms. The van der Waals surface area contributed by atoms with Crippen LogP contribution in [-0.4, -0.2) is 0 Å². The molecule has 0 saturated heterocycles. The Morgan fingerprint density at radius 1 is 0.905 bits per heavy atom. The summed E-state index contributed by atoms with van der Waals surface area (Å²) in [5.41, 5.74) is 3.91. The third kappa shape index (κ3) is 2.85. The lowest BCUT2D eigenvalue weighted by Crippen LogP contribution is -1.83. The van der Waals surface area contributed by atoms with E-state index in [1.54, 1.807) is 0 Å². The molecule has 0 aliphatic rings. The van der Waals surface area contributed by atoms with Crippen molar-refractivity contribution >= 4 is 22.4 Å².